The first-order chi connectivity index (χ1) is 14.0. The number of nitrogens with two attached hydrogens (primary N) is 1. The van der Waals surface area contributed by atoms with Gasteiger partial charge in [-0.15, -0.1) is 0 Å². The molecule has 0 spiro atoms. The second-order valence-electron chi connectivity index (χ2n) is 7.03. The molecule has 4 rings (SSSR count). The standard InChI is InChI=1S/C22H21N5O2/c1-3-27(13(2)19-6-4-14(9-23)10-25-19)22(28)15-5-7-20-16(8-15)17-11-29-12-18(17)21(24)26-20/h4-8,10,13H,3,11-12H2,1-2H3,(H2,24,26)/t13-/m1/s1. The molecule has 0 fully saturated rings. The van der Waals surface area contributed by atoms with Crippen LogP contribution >= 0.6 is 0 Å². The number of rotatable bonds is 4. The predicted molar refractivity (Wildman–Crippen MR) is 109 cm³/mol. The van der Waals surface area contributed by atoms with Crippen LogP contribution in [0, 0.1) is 11.3 Å². The highest BCUT2D eigenvalue weighted by atomic mass is 16.5. The molecule has 2 N–H and O–H groups in total. The van der Waals surface area contributed by atoms with Gasteiger partial charge in [-0.3, -0.25) is 9.78 Å². The van der Waals surface area contributed by atoms with Gasteiger partial charge in [-0.2, -0.15) is 5.26 Å². The van der Waals surface area contributed by atoms with E-state index in [-0.39, 0.29) is 11.9 Å². The Morgan fingerprint density at radius 3 is 2.79 bits per heavy atom. The second-order valence-corrected chi connectivity index (χ2v) is 7.03. The van der Waals surface area contributed by atoms with Crippen molar-refractivity contribution in [3.8, 4) is 6.07 Å². The van der Waals surface area contributed by atoms with Gasteiger partial charge < -0.3 is 15.4 Å². The number of nitriles is 1. The molecule has 2 aromatic heterocycles. The highest BCUT2D eigenvalue weighted by Gasteiger charge is 2.24. The van der Waals surface area contributed by atoms with Gasteiger partial charge >= 0.3 is 0 Å². The number of nitrogens with zero attached hydrogens (tertiary/aromatic N) is 4. The molecule has 1 aliphatic rings. The van der Waals surface area contributed by atoms with Crippen LogP contribution < -0.4 is 5.73 Å². The van der Waals surface area contributed by atoms with Crippen LogP contribution in [0.15, 0.2) is 36.5 Å². The van der Waals surface area contributed by atoms with E-state index in [2.05, 4.69) is 16.0 Å². The first-order valence-corrected chi connectivity index (χ1v) is 9.49. The smallest absolute Gasteiger partial charge is 0.254 e. The number of carbonyl (C=O) groups is 1. The van der Waals surface area contributed by atoms with Crippen molar-refractivity contribution < 1.29 is 9.53 Å². The largest absolute Gasteiger partial charge is 0.383 e. The molecule has 0 saturated heterocycles. The maximum Gasteiger partial charge on any atom is 0.254 e. The summed E-state index contributed by atoms with van der Waals surface area (Å²) >= 11 is 0. The molecule has 7 nitrogen and oxygen atoms in total. The maximum absolute atomic E-state index is 13.3. The van der Waals surface area contributed by atoms with Gasteiger partial charge in [-0.05, 0) is 49.7 Å². The Bertz CT molecular complexity index is 1130. The summed E-state index contributed by atoms with van der Waals surface area (Å²) in [6.45, 7) is 5.32. The van der Waals surface area contributed by atoms with E-state index in [1.54, 1.807) is 23.1 Å². The lowest BCUT2D eigenvalue weighted by molar-refractivity contribution is 0.0699. The van der Waals surface area contributed by atoms with Gasteiger partial charge in [-0.1, -0.05) is 0 Å². The molecule has 146 valence electrons. The third-order valence-electron chi connectivity index (χ3n) is 5.39. The number of hydrogen-bond donors (Lipinski definition) is 1. The number of nitrogen functional groups attached to an aromatic ring is 1. The second kappa shape index (κ2) is 7.49. The van der Waals surface area contributed by atoms with E-state index in [4.69, 9.17) is 15.7 Å². The number of hydrogen-bond acceptors (Lipinski definition) is 6. The van der Waals surface area contributed by atoms with Gasteiger partial charge in [0.25, 0.3) is 5.91 Å². The van der Waals surface area contributed by atoms with Crippen molar-refractivity contribution in [1.29, 1.82) is 5.26 Å². The van der Waals surface area contributed by atoms with Crippen LogP contribution in [-0.4, -0.2) is 27.3 Å². The summed E-state index contributed by atoms with van der Waals surface area (Å²) in [5.74, 6) is 0.400. The number of anilines is 1. The highest BCUT2D eigenvalue weighted by Crippen LogP contribution is 2.32. The summed E-state index contributed by atoms with van der Waals surface area (Å²) in [7, 11) is 0. The zero-order chi connectivity index (χ0) is 20.5. The molecule has 0 unspecified atom stereocenters. The third kappa shape index (κ3) is 3.28. The normalized spacial score (nSPS) is 13.7. The summed E-state index contributed by atoms with van der Waals surface area (Å²) < 4.78 is 5.54. The molecule has 7 heteroatoms. The zero-order valence-corrected chi connectivity index (χ0v) is 16.3. The fourth-order valence-electron chi connectivity index (χ4n) is 3.74. The van der Waals surface area contributed by atoms with Gasteiger partial charge in [0.1, 0.15) is 11.9 Å². The Labute approximate surface area is 168 Å². The fraction of sp³-hybridized carbons (Fsp3) is 0.273. The molecular weight excluding hydrogens is 366 g/mol. The number of benzene rings is 1. The molecule has 29 heavy (non-hydrogen) atoms. The lowest BCUT2D eigenvalue weighted by atomic mass is 10.0. The molecule has 0 saturated carbocycles. The van der Waals surface area contributed by atoms with Gasteiger partial charge in [0, 0.05) is 29.3 Å². The highest BCUT2D eigenvalue weighted by molar-refractivity contribution is 5.99. The van der Waals surface area contributed by atoms with Crippen molar-refractivity contribution in [3.05, 3.63) is 64.5 Å². The average molecular weight is 387 g/mol. The topological polar surface area (TPSA) is 105 Å². The molecule has 1 aliphatic heterocycles. The zero-order valence-electron chi connectivity index (χ0n) is 16.3. The van der Waals surface area contributed by atoms with Crippen molar-refractivity contribution in [2.45, 2.75) is 33.1 Å². The quantitative estimate of drug-likeness (QED) is 0.736. The Kier molecular flexibility index (Phi) is 4.87. The number of amides is 1. The number of pyridine rings is 2. The van der Waals surface area contributed by atoms with E-state index in [9.17, 15) is 4.79 Å². The van der Waals surface area contributed by atoms with Crippen molar-refractivity contribution in [1.82, 2.24) is 14.9 Å². The van der Waals surface area contributed by atoms with Gasteiger partial charge in [0.15, 0.2) is 0 Å². The summed E-state index contributed by atoms with van der Waals surface area (Å²) in [5.41, 5.74) is 10.5. The first-order valence-electron chi connectivity index (χ1n) is 9.49. The van der Waals surface area contributed by atoms with E-state index in [0.29, 0.717) is 36.7 Å². The third-order valence-corrected chi connectivity index (χ3v) is 5.39. The number of carbonyl (C=O) groups excluding carboxylic acids is 1. The fourth-order valence-corrected chi connectivity index (χ4v) is 3.74. The number of ether oxygens (including phenoxy) is 1. The van der Waals surface area contributed by atoms with Crippen LogP contribution in [0.1, 0.15) is 52.6 Å². The number of fused-ring (bicyclic) bond motifs is 3. The van der Waals surface area contributed by atoms with Crippen molar-refractivity contribution >= 4 is 22.6 Å². The molecule has 0 radical (unpaired) electrons. The predicted octanol–water partition coefficient (Wildman–Crippen LogP) is 3.34. The Morgan fingerprint density at radius 1 is 1.31 bits per heavy atom. The Balaban J connectivity index is 1.69. The minimum atomic E-state index is -0.227. The van der Waals surface area contributed by atoms with Gasteiger partial charge in [0.2, 0.25) is 0 Å². The average Bonchev–Trinajstić information content (AvgIpc) is 3.25. The lowest BCUT2D eigenvalue weighted by Gasteiger charge is -2.28. The van der Waals surface area contributed by atoms with E-state index in [1.165, 1.54) is 6.20 Å². The Hall–Kier alpha value is -3.50. The molecule has 1 amide bonds. The minimum absolute atomic E-state index is 0.0856. The summed E-state index contributed by atoms with van der Waals surface area (Å²) in [6, 6.07) is 10.8. The molecule has 0 aliphatic carbocycles. The minimum Gasteiger partial charge on any atom is -0.383 e. The molecular formula is C22H21N5O2. The first kappa shape index (κ1) is 18.8. The molecule has 3 aromatic rings. The van der Waals surface area contributed by atoms with Gasteiger partial charge in [0.05, 0.1) is 36.0 Å². The van der Waals surface area contributed by atoms with E-state index in [1.807, 2.05) is 26.0 Å². The Morgan fingerprint density at radius 2 is 2.10 bits per heavy atom. The SMILES string of the molecule is CCN(C(=O)c1ccc2nc(N)c3c(c2c1)COC3)[C@H](C)c1ccc(C#N)cn1. The van der Waals surface area contributed by atoms with E-state index in [0.717, 1.165) is 27.7 Å². The van der Waals surface area contributed by atoms with Crippen molar-refractivity contribution in [2.24, 2.45) is 0 Å². The van der Waals surface area contributed by atoms with Crippen molar-refractivity contribution in [2.75, 3.05) is 12.3 Å². The summed E-state index contributed by atoms with van der Waals surface area (Å²) in [4.78, 5) is 23.8. The van der Waals surface area contributed by atoms with Crippen molar-refractivity contribution in [3.63, 3.8) is 0 Å². The van der Waals surface area contributed by atoms with Crippen LogP contribution in [0.4, 0.5) is 5.82 Å². The van der Waals surface area contributed by atoms with Crippen LogP contribution in [0.25, 0.3) is 10.9 Å². The van der Waals surface area contributed by atoms with Crippen LogP contribution in [0.5, 0.6) is 0 Å². The van der Waals surface area contributed by atoms with Gasteiger partial charge in [-0.25, -0.2) is 4.98 Å². The maximum atomic E-state index is 13.3. The van der Waals surface area contributed by atoms with E-state index < -0.39 is 0 Å². The monoisotopic (exact) mass is 387 g/mol. The molecule has 1 atom stereocenters. The molecule has 1 aromatic carbocycles. The molecule has 0 bridgehead atoms. The molecule has 3 heterocycles. The van der Waals surface area contributed by atoms with Crippen LogP contribution in [-0.2, 0) is 18.0 Å². The lowest BCUT2D eigenvalue weighted by Crippen LogP contribution is -2.33. The summed E-state index contributed by atoms with van der Waals surface area (Å²) in [6.07, 6.45) is 1.53. The number of aromatic nitrogens is 2. The van der Waals surface area contributed by atoms with Crippen LogP contribution in [0.3, 0.4) is 0 Å². The van der Waals surface area contributed by atoms with Crippen LogP contribution in [0.2, 0.25) is 0 Å². The van der Waals surface area contributed by atoms with E-state index >= 15 is 0 Å². The summed E-state index contributed by atoms with van der Waals surface area (Å²) in [5, 5.41) is 9.85.